The number of aliphatic carboxylic acids is 1. The molecule has 0 aromatic heterocycles. The van der Waals surface area contributed by atoms with Crippen molar-refractivity contribution in [2.75, 3.05) is 13.1 Å². The van der Waals surface area contributed by atoms with Crippen LogP contribution in [0.2, 0.25) is 0 Å². The first kappa shape index (κ1) is 16.5. The van der Waals surface area contributed by atoms with E-state index in [1.807, 2.05) is 0 Å². The van der Waals surface area contributed by atoms with E-state index in [0.717, 1.165) is 4.47 Å². The topological polar surface area (TPSA) is 74.7 Å². The highest BCUT2D eigenvalue weighted by atomic mass is 79.9. The van der Waals surface area contributed by atoms with Crippen molar-refractivity contribution >= 4 is 31.9 Å². The number of piperidine rings is 1. The Bertz CT molecular complexity index is 649. The Hall–Kier alpha value is -0.920. The fourth-order valence-corrected chi connectivity index (χ4v) is 5.42. The molecular formula is C14H18BrNO4S. The number of halogens is 1. The molecular weight excluding hydrogens is 358 g/mol. The SMILES string of the molecule is Cc1cc(Br)cc(C)c1S(=O)(=O)N1CCCC(C(=O)O)C1. The van der Waals surface area contributed by atoms with E-state index in [1.165, 1.54) is 4.31 Å². The molecule has 1 unspecified atom stereocenters. The largest absolute Gasteiger partial charge is 0.481 e. The molecule has 2 rings (SSSR count). The Morgan fingerprint density at radius 2 is 1.90 bits per heavy atom. The molecule has 7 heteroatoms. The number of aryl methyl sites for hydroxylation is 2. The number of benzene rings is 1. The summed E-state index contributed by atoms with van der Waals surface area (Å²) in [4.78, 5) is 11.4. The van der Waals surface area contributed by atoms with Crippen molar-refractivity contribution in [1.82, 2.24) is 4.31 Å². The lowest BCUT2D eigenvalue weighted by Gasteiger charge is -2.30. The van der Waals surface area contributed by atoms with Gasteiger partial charge in [0.25, 0.3) is 0 Å². The molecule has 0 amide bonds. The normalized spacial score (nSPS) is 20.4. The van der Waals surface area contributed by atoms with Gasteiger partial charge in [-0.05, 0) is 49.9 Å². The van der Waals surface area contributed by atoms with Crippen LogP contribution in [-0.4, -0.2) is 36.9 Å². The summed E-state index contributed by atoms with van der Waals surface area (Å²) in [7, 11) is -3.66. The van der Waals surface area contributed by atoms with Crippen LogP contribution in [0.3, 0.4) is 0 Å². The molecule has 21 heavy (non-hydrogen) atoms. The van der Waals surface area contributed by atoms with Crippen LogP contribution in [0.25, 0.3) is 0 Å². The Labute approximate surface area is 133 Å². The molecule has 1 saturated heterocycles. The molecule has 116 valence electrons. The van der Waals surface area contributed by atoms with Gasteiger partial charge in [0.05, 0.1) is 10.8 Å². The number of hydrogen-bond donors (Lipinski definition) is 1. The third-order valence-corrected chi connectivity index (χ3v) is 6.39. The van der Waals surface area contributed by atoms with Crippen LogP contribution < -0.4 is 0 Å². The molecule has 1 aliphatic heterocycles. The van der Waals surface area contributed by atoms with Crippen molar-refractivity contribution in [3.63, 3.8) is 0 Å². The molecule has 1 heterocycles. The predicted molar refractivity (Wildman–Crippen MR) is 82.7 cm³/mol. The van der Waals surface area contributed by atoms with Gasteiger partial charge in [0.1, 0.15) is 0 Å². The van der Waals surface area contributed by atoms with Gasteiger partial charge in [-0.15, -0.1) is 0 Å². The third kappa shape index (κ3) is 3.30. The molecule has 0 spiro atoms. The van der Waals surface area contributed by atoms with Gasteiger partial charge in [0.2, 0.25) is 10.0 Å². The maximum absolute atomic E-state index is 12.8. The summed E-state index contributed by atoms with van der Waals surface area (Å²) in [6.45, 7) is 3.93. The first-order chi connectivity index (χ1) is 9.73. The third-order valence-electron chi connectivity index (χ3n) is 3.76. The number of nitrogens with zero attached hydrogens (tertiary/aromatic N) is 1. The highest BCUT2D eigenvalue weighted by Gasteiger charge is 2.34. The van der Waals surface area contributed by atoms with Crippen molar-refractivity contribution in [2.24, 2.45) is 5.92 Å². The van der Waals surface area contributed by atoms with E-state index in [0.29, 0.717) is 30.5 Å². The van der Waals surface area contributed by atoms with Crippen LogP contribution in [0.4, 0.5) is 0 Å². The van der Waals surface area contributed by atoms with Gasteiger partial charge in [-0.2, -0.15) is 4.31 Å². The van der Waals surface area contributed by atoms with Gasteiger partial charge in [0.15, 0.2) is 0 Å². The molecule has 0 aliphatic carbocycles. The van der Waals surface area contributed by atoms with Gasteiger partial charge >= 0.3 is 5.97 Å². The van der Waals surface area contributed by atoms with E-state index < -0.39 is 21.9 Å². The van der Waals surface area contributed by atoms with Crippen LogP contribution in [0.5, 0.6) is 0 Å². The molecule has 0 saturated carbocycles. The summed E-state index contributed by atoms with van der Waals surface area (Å²) in [5.74, 6) is -1.55. The van der Waals surface area contributed by atoms with Crippen LogP contribution in [-0.2, 0) is 14.8 Å². The van der Waals surface area contributed by atoms with Crippen molar-refractivity contribution < 1.29 is 18.3 Å². The van der Waals surface area contributed by atoms with Gasteiger partial charge in [-0.25, -0.2) is 8.42 Å². The van der Waals surface area contributed by atoms with Gasteiger partial charge < -0.3 is 5.11 Å². The lowest BCUT2D eigenvalue weighted by molar-refractivity contribution is -0.142. The second-order valence-electron chi connectivity index (χ2n) is 5.41. The van der Waals surface area contributed by atoms with E-state index in [1.54, 1.807) is 26.0 Å². The van der Waals surface area contributed by atoms with Crippen LogP contribution in [0.15, 0.2) is 21.5 Å². The van der Waals surface area contributed by atoms with E-state index in [9.17, 15) is 13.2 Å². The fourth-order valence-electron chi connectivity index (χ4n) is 2.80. The van der Waals surface area contributed by atoms with Gasteiger partial charge in [-0.1, -0.05) is 15.9 Å². The Balaban J connectivity index is 2.41. The molecule has 5 nitrogen and oxygen atoms in total. The summed E-state index contributed by atoms with van der Waals surface area (Å²) < 4.78 is 27.8. The first-order valence-electron chi connectivity index (χ1n) is 6.73. The van der Waals surface area contributed by atoms with Gasteiger partial charge in [0, 0.05) is 17.6 Å². The maximum atomic E-state index is 12.8. The average molecular weight is 376 g/mol. The molecule has 1 fully saturated rings. The summed E-state index contributed by atoms with van der Waals surface area (Å²) in [5, 5.41) is 9.11. The number of carboxylic acids is 1. The number of carbonyl (C=O) groups is 1. The average Bonchev–Trinajstić information content (AvgIpc) is 2.37. The van der Waals surface area contributed by atoms with E-state index in [-0.39, 0.29) is 11.4 Å². The Morgan fingerprint density at radius 3 is 2.43 bits per heavy atom. The summed E-state index contributed by atoms with van der Waals surface area (Å²) >= 11 is 3.35. The predicted octanol–water partition coefficient (Wildman–Crippen LogP) is 2.55. The minimum atomic E-state index is -3.66. The monoisotopic (exact) mass is 375 g/mol. The quantitative estimate of drug-likeness (QED) is 0.880. The molecule has 1 atom stereocenters. The lowest BCUT2D eigenvalue weighted by Crippen LogP contribution is -2.42. The van der Waals surface area contributed by atoms with Crippen molar-refractivity contribution in [2.45, 2.75) is 31.6 Å². The van der Waals surface area contributed by atoms with E-state index in [4.69, 9.17) is 5.11 Å². The number of sulfonamides is 1. The fraction of sp³-hybridized carbons (Fsp3) is 0.500. The van der Waals surface area contributed by atoms with Crippen molar-refractivity contribution in [3.05, 3.63) is 27.7 Å². The highest BCUT2D eigenvalue weighted by molar-refractivity contribution is 9.10. The minimum absolute atomic E-state index is 0.0482. The summed E-state index contributed by atoms with van der Waals surface area (Å²) in [6.07, 6.45) is 1.10. The zero-order chi connectivity index (χ0) is 15.8. The molecule has 0 bridgehead atoms. The van der Waals surface area contributed by atoms with Crippen LogP contribution in [0, 0.1) is 19.8 Å². The molecule has 1 N–H and O–H groups in total. The minimum Gasteiger partial charge on any atom is -0.481 e. The zero-order valence-corrected chi connectivity index (χ0v) is 14.4. The molecule has 1 aromatic carbocycles. The molecule has 0 radical (unpaired) electrons. The highest BCUT2D eigenvalue weighted by Crippen LogP contribution is 2.30. The van der Waals surface area contributed by atoms with E-state index in [2.05, 4.69) is 15.9 Å². The number of rotatable bonds is 3. The standard InChI is InChI=1S/C14H18BrNO4S/c1-9-6-12(15)7-10(2)13(9)21(19,20)16-5-3-4-11(8-16)14(17)18/h6-7,11H,3-5,8H2,1-2H3,(H,17,18). The first-order valence-corrected chi connectivity index (χ1v) is 8.96. The maximum Gasteiger partial charge on any atom is 0.307 e. The second-order valence-corrected chi connectivity index (χ2v) is 8.20. The van der Waals surface area contributed by atoms with E-state index >= 15 is 0 Å². The van der Waals surface area contributed by atoms with Gasteiger partial charge in [-0.3, -0.25) is 4.79 Å². The zero-order valence-electron chi connectivity index (χ0n) is 12.0. The lowest BCUT2D eigenvalue weighted by atomic mass is 10.0. The van der Waals surface area contributed by atoms with Crippen molar-refractivity contribution in [3.8, 4) is 0 Å². The molecule has 1 aromatic rings. The Morgan fingerprint density at radius 1 is 1.33 bits per heavy atom. The summed E-state index contributed by atoms with van der Waals surface area (Å²) in [6, 6.07) is 3.52. The number of hydrogen-bond acceptors (Lipinski definition) is 3. The second kappa shape index (κ2) is 6.06. The van der Waals surface area contributed by atoms with Crippen LogP contribution in [0.1, 0.15) is 24.0 Å². The summed E-state index contributed by atoms with van der Waals surface area (Å²) in [5.41, 5.74) is 1.33. The van der Waals surface area contributed by atoms with Crippen molar-refractivity contribution in [1.29, 1.82) is 0 Å². The molecule has 1 aliphatic rings. The van der Waals surface area contributed by atoms with Crippen LogP contribution >= 0.6 is 15.9 Å². The smallest absolute Gasteiger partial charge is 0.307 e. The Kier molecular flexibility index (Phi) is 4.75. The number of carboxylic acid groups (broad SMARTS) is 1.